The van der Waals surface area contributed by atoms with E-state index in [0.717, 1.165) is 18.1 Å². The molecule has 0 aromatic rings. The van der Waals surface area contributed by atoms with Gasteiger partial charge in [0.1, 0.15) is 0 Å². The molecule has 0 aromatic heterocycles. The summed E-state index contributed by atoms with van der Waals surface area (Å²) in [6, 6.07) is 0. The second-order valence-electron chi connectivity index (χ2n) is 3.14. The number of rotatable bonds is 5. The van der Waals surface area contributed by atoms with E-state index in [1.807, 2.05) is 21.6 Å². The van der Waals surface area contributed by atoms with Crippen molar-refractivity contribution in [3.8, 4) is 0 Å². The molecular formula is C9H15NOS2. The van der Waals surface area contributed by atoms with Crippen molar-refractivity contribution in [3.05, 3.63) is 7.05 Å². The molecule has 0 aromatic carbocycles. The molecular weight excluding hydrogens is 202 g/mol. The predicted octanol–water partition coefficient (Wildman–Crippen LogP) is 2.49. The number of carbonyl (C=O) groups is 1. The minimum absolute atomic E-state index is 0.0477. The molecule has 13 heavy (non-hydrogen) atoms. The number of carbonyl (C=O) groups excluding carboxylic acids is 1. The van der Waals surface area contributed by atoms with E-state index in [1.54, 1.807) is 0 Å². The van der Waals surface area contributed by atoms with Gasteiger partial charge in [-0.3, -0.25) is 4.79 Å². The predicted molar refractivity (Wildman–Crippen MR) is 59.4 cm³/mol. The van der Waals surface area contributed by atoms with Crippen molar-refractivity contribution in [2.75, 3.05) is 5.75 Å². The molecule has 1 heterocycles. The fraction of sp³-hybridized carbons (Fsp3) is 0.778. The maximum absolute atomic E-state index is 10.8. The molecule has 74 valence electrons. The van der Waals surface area contributed by atoms with Gasteiger partial charge in [0.25, 0.3) is 0 Å². The Morgan fingerprint density at radius 1 is 1.54 bits per heavy atom. The number of hydrogen-bond donors (Lipinski definition) is 1. The molecule has 2 nitrogen and oxygen atoms in total. The molecule has 4 heteroatoms. The summed E-state index contributed by atoms with van der Waals surface area (Å²) in [7, 11) is 8.94. The Morgan fingerprint density at radius 2 is 2.38 bits per heavy atom. The van der Waals surface area contributed by atoms with Gasteiger partial charge in [-0.2, -0.15) is 0 Å². The quantitative estimate of drug-likeness (QED) is 0.436. The first-order valence-electron chi connectivity index (χ1n) is 4.60. The first-order chi connectivity index (χ1) is 6.33. The highest BCUT2D eigenvalue weighted by atomic mass is 33.1. The van der Waals surface area contributed by atoms with Crippen LogP contribution in [-0.2, 0) is 4.79 Å². The van der Waals surface area contributed by atoms with Gasteiger partial charge >= 0.3 is 0 Å². The van der Waals surface area contributed by atoms with Gasteiger partial charge < -0.3 is 5.32 Å². The molecule has 0 aliphatic carbocycles. The molecule has 1 N–H and O–H groups in total. The summed E-state index contributed by atoms with van der Waals surface area (Å²) in [5.41, 5.74) is 0. The van der Waals surface area contributed by atoms with Gasteiger partial charge in [-0.15, -0.1) is 0 Å². The number of hydrogen-bond acceptors (Lipinski definition) is 3. The molecule has 1 aliphatic rings. The largest absolute Gasteiger partial charge is 0.349 e. The van der Waals surface area contributed by atoms with Crippen LogP contribution in [0.2, 0.25) is 0 Å². The molecule has 0 bridgehead atoms. The topological polar surface area (TPSA) is 29.1 Å². The lowest BCUT2D eigenvalue weighted by molar-refractivity contribution is -0.120. The molecule has 0 spiro atoms. The van der Waals surface area contributed by atoms with Gasteiger partial charge in [-0.05, 0) is 19.3 Å². The third-order valence-corrected chi connectivity index (χ3v) is 5.07. The lowest BCUT2D eigenvalue weighted by Gasteiger charge is -2.05. The monoisotopic (exact) mass is 217 g/mol. The molecule has 1 fully saturated rings. The maximum atomic E-state index is 10.8. The number of unbranched alkanes of at least 4 members (excludes halogenated alkanes) is 1. The lowest BCUT2D eigenvalue weighted by atomic mass is 10.1. The van der Waals surface area contributed by atoms with E-state index in [0.29, 0.717) is 6.42 Å². The van der Waals surface area contributed by atoms with Gasteiger partial charge in [-0.1, -0.05) is 28.0 Å². The van der Waals surface area contributed by atoms with Crippen LogP contribution >= 0.6 is 21.6 Å². The Morgan fingerprint density at radius 3 is 3.00 bits per heavy atom. The minimum Gasteiger partial charge on any atom is -0.349 e. The minimum atomic E-state index is -0.0477. The molecule has 1 saturated heterocycles. The van der Waals surface area contributed by atoms with Gasteiger partial charge in [0.05, 0.1) is 7.05 Å². The first-order valence-corrected chi connectivity index (χ1v) is 6.99. The first kappa shape index (κ1) is 11.2. The van der Waals surface area contributed by atoms with Crippen LogP contribution in [0.25, 0.3) is 0 Å². The molecule has 1 aliphatic heterocycles. The number of nitrogens with one attached hydrogen (secondary N) is 1. The van der Waals surface area contributed by atoms with E-state index in [9.17, 15) is 4.79 Å². The summed E-state index contributed by atoms with van der Waals surface area (Å²) in [6.07, 6.45) is 5.26. The van der Waals surface area contributed by atoms with E-state index < -0.39 is 0 Å². The van der Waals surface area contributed by atoms with Crippen LogP contribution in [0.3, 0.4) is 0 Å². The molecule has 1 unspecified atom stereocenters. The van der Waals surface area contributed by atoms with E-state index in [2.05, 4.69) is 5.32 Å². The standard InChI is InChI=1S/C9H15NOS2/c1-10-9(11)5-3-2-4-8-6-7-12-13-8/h1,8H,2-7H2,(H,10,11). The maximum Gasteiger partial charge on any atom is 0.220 e. The second kappa shape index (κ2) is 6.60. The molecule has 0 saturated carbocycles. The highest BCUT2D eigenvalue weighted by Crippen LogP contribution is 2.39. The summed E-state index contributed by atoms with van der Waals surface area (Å²) < 4.78 is 0. The van der Waals surface area contributed by atoms with Gasteiger partial charge in [0.2, 0.25) is 5.91 Å². The van der Waals surface area contributed by atoms with Gasteiger partial charge in [0.15, 0.2) is 0 Å². The van der Waals surface area contributed by atoms with Crippen LogP contribution in [0.4, 0.5) is 0 Å². The van der Waals surface area contributed by atoms with E-state index >= 15 is 0 Å². The fourth-order valence-electron chi connectivity index (χ4n) is 1.29. The second-order valence-corrected chi connectivity index (χ2v) is 5.93. The smallest absolute Gasteiger partial charge is 0.220 e. The van der Waals surface area contributed by atoms with Crippen LogP contribution in [-0.4, -0.2) is 16.9 Å². The molecule has 2 radical (unpaired) electrons. The molecule has 1 atom stereocenters. The average molecular weight is 217 g/mol. The normalized spacial score (nSPS) is 21.8. The summed E-state index contributed by atoms with van der Waals surface area (Å²) in [5.74, 6) is 1.24. The lowest BCUT2D eigenvalue weighted by Crippen LogP contribution is -2.14. The van der Waals surface area contributed by atoms with E-state index in [-0.39, 0.29) is 5.91 Å². The van der Waals surface area contributed by atoms with Crippen LogP contribution in [0.15, 0.2) is 0 Å². The Bertz CT molecular complexity index is 158. The Balaban J connectivity index is 1.91. The van der Waals surface area contributed by atoms with Crippen molar-refractivity contribution in [3.63, 3.8) is 0 Å². The van der Waals surface area contributed by atoms with Crippen LogP contribution in [0, 0.1) is 7.05 Å². The third-order valence-electron chi connectivity index (χ3n) is 2.07. The summed E-state index contributed by atoms with van der Waals surface area (Å²) in [5, 5.41) is 2.97. The zero-order valence-electron chi connectivity index (χ0n) is 7.62. The van der Waals surface area contributed by atoms with E-state index in [4.69, 9.17) is 7.05 Å². The van der Waals surface area contributed by atoms with Gasteiger partial charge in [-0.25, -0.2) is 0 Å². The third kappa shape index (κ3) is 4.81. The Hall–Kier alpha value is 0.170. The fourth-order valence-corrected chi connectivity index (χ4v) is 4.32. The zero-order chi connectivity index (χ0) is 9.52. The van der Waals surface area contributed by atoms with Crippen molar-refractivity contribution < 1.29 is 4.79 Å². The summed E-state index contributed by atoms with van der Waals surface area (Å²) >= 11 is 0. The van der Waals surface area contributed by atoms with Crippen molar-refractivity contribution in [1.82, 2.24) is 5.32 Å². The van der Waals surface area contributed by atoms with Crippen LogP contribution < -0.4 is 5.32 Å². The SMILES string of the molecule is [CH]NC(=O)CCCCC1CCSS1. The van der Waals surface area contributed by atoms with Crippen LogP contribution in [0.5, 0.6) is 0 Å². The van der Waals surface area contributed by atoms with Crippen molar-refractivity contribution in [2.24, 2.45) is 0 Å². The van der Waals surface area contributed by atoms with Crippen molar-refractivity contribution >= 4 is 27.5 Å². The van der Waals surface area contributed by atoms with Gasteiger partial charge in [0, 0.05) is 17.4 Å². The molecule has 1 amide bonds. The van der Waals surface area contributed by atoms with Crippen LogP contribution in [0.1, 0.15) is 32.1 Å². The zero-order valence-corrected chi connectivity index (χ0v) is 9.26. The highest BCUT2D eigenvalue weighted by Gasteiger charge is 2.15. The molecule has 1 rings (SSSR count). The van der Waals surface area contributed by atoms with Crippen molar-refractivity contribution in [1.29, 1.82) is 0 Å². The summed E-state index contributed by atoms with van der Waals surface area (Å²) in [4.78, 5) is 10.8. The van der Waals surface area contributed by atoms with Crippen molar-refractivity contribution in [2.45, 2.75) is 37.4 Å². The Labute approximate surface area is 88.0 Å². The Kier molecular flexibility index (Phi) is 5.71. The summed E-state index contributed by atoms with van der Waals surface area (Å²) in [6.45, 7) is 0. The average Bonchev–Trinajstić information content (AvgIpc) is 2.64. The van der Waals surface area contributed by atoms with E-state index in [1.165, 1.54) is 18.6 Å². The number of amides is 1. The highest BCUT2D eigenvalue weighted by molar-refractivity contribution is 8.77.